The monoisotopic (exact) mass is 206 g/mol. The van der Waals surface area contributed by atoms with Gasteiger partial charge in [0.15, 0.2) is 0 Å². The Labute approximate surface area is 90.7 Å². The third kappa shape index (κ3) is 0.977. The summed E-state index contributed by atoms with van der Waals surface area (Å²) in [5, 5.41) is 0. The van der Waals surface area contributed by atoms with E-state index in [1.807, 2.05) is 0 Å². The van der Waals surface area contributed by atoms with Gasteiger partial charge in [-0.3, -0.25) is 4.79 Å². The molecule has 2 nitrogen and oxygen atoms in total. The lowest BCUT2D eigenvalue weighted by atomic mass is 9.53. The number of rotatable bonds is 0. The molecule has 1 heterocycles. The Morgan fingerprint density at radius 2 is 2.27 bits per heavy atom. The van der Waals surface area contributed by atoms with Crippen molar-refractivity contribution < 1.29 is 9.53 Å². The molecule has 0 aromatic carbocycles. The molecule has 0 spiro atoms. The SMILES string of the molecule is C=C1C2[C@@H]3CCC1(C)C(C)C[C@H]2OC3=O. The fraction of sp³-hybridized carbons (Fsp3) is 0.769. The van der Waals surface area contributed by atoms with E-state index in [9.17, 15) is 4.79 Å². The molecule has 0 aromatic heterocycles. The van der Waals surface area contributed by atoms with E-state index in [2.05, 4.69) is 20.4 Å². The second kappa shape index (κ2) is 2.66. The summed E-state index contributed by atoms with van der Waals surface area (Å²) >= 11 is 0. The summed E-state index contributed by atoms with van der Waals surface area (Å²) in [6, 6.07) is 0. The van der Waals surface area contributed by atoms with Crippen molar-refractivity contribution in [1.82, 2.24) is 0 Å². The van der Waals surface area contributed by atoms with Crippen LogP contribution in [0.15, 0.2) is 12.2 Å². The zero-order chi connectivity index (χ0) is 10.8. The summed E-state index contributed by atoms with van der Waals surface area (Å²) < 4.78 is 5.48. The Kier molecular flexibility index (Phi) is 1.67. The van der Waals surface area contributed by atoms with Gasteiger partial charge < -0.3 is 4.74 Å². The minimum absolute atomic E-state index is 0.0299. The molecule has 2 heteroatoms. The second-order valence-corrected chi connectivity index (χ2v) is 5.73. The first-order valence-electron chi connectivity index (χ1n) is 5.94. The van der Waals surface area contributed by atoms with E-state index in [0.717, 1.165) is 19.3 Å². The number of esters is 1. The summed E-state index contributed by atoms with van der Waals surface area (Å²) in [4.78, 5) is 11.7. The summed E-state index contributed by atoms with van der Waals surface area (Å²) in [5.41, 5.74) is 1.54. The average molecular weight is 206 g/mol. The topological polar surface area (TPSA) is 26.3 Å². The predicted octanol–water partition coefficient (Wildman–Crippen LogP) is 2.54. The number of fused-ring (bicyclic) bond motifs is 1. The van der Waals surface area contributed by atoms with Crippen LogP contribution in [0.2, 0.25) is 0 Å². The van der Waals surface area contributed by atoms with Gasteiger partial charge in [0.2, 0.25) is 0 Å². The van der Waals surface area contributed by atoms with Crippen molar-refractivity contribution in [3.8, 4) is 0 Å². The van der Waals surface area contributed by atoms with E-state index in [-0.39, 0.29) is 23.4 Å². The van der Waals surface area contributed by atoms with Crippen LogP contribution in [0.1, 0.15) is 33.1 Å². The molecule has 1 aliphatic heterocycles. The van der Waals surface area contributed by atoms with Crippen molar-refractivity contribution in [2.75, 3.05) is 0 Å². The Morgan fingerprint density at radius 3 is 3.00 bits per heavy atom. The highest BCUT2D eigenvalue weighted by atomic mass is 16.6. The maximum absolute atomic E-state index is 11.7. The van der Waals surface area contributed by atoms with Crippen LogP contribution in [0.25, 0.3) is 0 Å². The zero-order valence-corrected chi connectivity index (χ0v) is 9.45. The van der Waals surface area contributed by atoms with Crippen molar-refractivity contribution in [3.05, 3.63) is 12.2 Å². The predicted molar refractivity (Wildman–Crippen MR) is 57.1 cm³/mol. The van der Waals surface area contributed by atoms with Gasteiger partial charge in [0, 0.05) is 5.92 Å². The fourth-order valence-corrected chi connectivity index (χ4v) is 3.84. The number of carbonyl (C=O) groups excluding carboxylic acids is 1. The average Bonchev–Trinajstić information content (AvgIpc) is 2.49. The molecule has 15 heavy (non-hydrogen) atoms. The fourth-order valence-electron chi connectivity index (χ4n) is 3.84. The minimum Gasteiger partial charge on any atom is -0.461 e. The first kappa shape index (κ1) is 9.44. The van der Waals surface area contributed by atoms with Gasteiger partial charge >= 0.3 is 5.97 Å². The van der Waals surface area contributed by atoms with Crippen LogP contribution in [-0.2, 0) is 9.53 Å². The number of hydrogen-bond donors (Lipinski definition) is 0. The summed E-state index contributed by atoms with van der Waals surface area (Å²) in [5.74, 6) is 1.08. The highest BCUT2D eigenvalue weighted by Crippen LogP contribution is 2.59. The summed E-state index contributed by atoms with van der Waals surface area (Å²) in [6.45, 7) is 8.85. The van der Waals surface area contributed by atoms with Crippen molar-refractivity contribution in [2.24, 2.45) is 23.2 Å². The molecule has 3 aliphatic rings. The standard InChI is InChI=1S/C13H18O2/c1-7-6-10-11-8(2)13(7,3)5-4-9(11)12(14)15-10/h7,9-11H,2,4-6H2,1,3H3/t7?,9-,10+,11?,13?/m0/s1. The Balaban J connectivity index is 2.06. The van der Waals surface area contributed by atoms with Crippen LogP contribution in [-0.4, -0.2) is 12.1 Å². The molecule has 82 valence electrons. The molecule has 3 fully saturated rings. The van der Waals surface area contributed by atoms with Crippen LogP contribution in [0.3, 0.4) is 0 Å². The van der Waals surface area contributed by atoms with Gasteiger partial charge in [-0.15, -0.1) is 0 Å². The molecule has 5 atom stereocenters. The van der Waals surface area contributed by atoms with Crippen LogP contribution < -0.4 is 0 Å². The molecular weight excluding hydrogens is 188 g/mol. The maximum Gasteiger partial charge on any atom is 0.309 e. The molecule has 1 saturated heterocycles. The molecule has 2 bridgehead atoms. The summed E-state index contributed by atoms with van der Waals surface area (Å²) in [7, 11) is 0. The number of hydrogen-bond acceptors (Lipinski definition) is 2. The molecule has 2 saturated carbocycles. The first-order chi connectivity index (χ1) is 7.04. The lowest BCUT2D eigenvalue weighted by Gasteiger charge is -2.50. The van der Waals surface area contributed by atoms with Gasteiger partial charge in [0.1, 0.15) is 6.10 Å². The van der Waals surface area contributed by atoms with Crippen molar-refractivity contribution >= 4 is 5.97 Å². The van der Waals surface area contributed by atoms with Gasteiger partial charge in [-0.25, -0.2) is 0 Å². The van der Waals surface area contributed by atoms with Crippen molar-refractivity contribution in [3.63, 3.8) is 0 Å². The molecule has 0 radical (unpaired) electrons. The normalized spacial score (nSPS) is 52.9. The van der Waals surface area contributed by atoms with Crippen LogP contribution >= 0.6 is 0 Å². The van der Waals surface area contributed by atoms with E-state index < -0.39 is 0 Å². The quantitative estimate of drug-likeness (QED) is 0.449. The smallest absolute Gasteiger partial charge is 0.309 e. The second-order valence-electron chi connectivity index (χ2n) is 5.73. The van der Waals surface area contributed by atoms with E-state index in [4.69, 9.17) is 4.74 Å². The van der Waals surface area contributed by atoms with Gasteiger partial charge in [0.05, 0.1) is 5.92 Å². The van der Waals surface area contributed by atoms with Crippen LogP contribution in [0.5, 0.6) is 0 Å². The highest BCUT2D eigenvalue weighted by molar-refractivity contribution is 5.76. The third-order valence-corrected chi connectivity index (χ3v) is 5.19. The number of ether oxygens (including phenoxy) is 1. The van der Waals surface area contributed by atoms with E-state index in [1.54, 1.807) is 0 Å². The lowest BCUT2D eigenvalue weighted by molar-refractivity contribution is -0.144. The molecule has 2 aliphatic carbocycles. The van der Waals surface area contributed by atoms with E-state index in [0.29, 0.717) is 11.8 Å². The van der Waals surface area contributed by atoms with Crippen LogP contribution in [0.4, 0.5) is 0 Å². The van der Waals surface area contributed by atoms with Gasteiger partial charge in [-0.1, -0.05) is 26.0 Å². The van der Waals surface area contributed by atoms with Gasteiger partial charge in [-0.2, -0.15) is 0 Å². The first-order valence-corrected chi connectivity index (χ1v) is 5.94. The highest BCUT2D eigenvalue weighted by Gasteiger charge is 2.58. The van der Waals surface area contributed by atoms with Gasteiger partial charge in [0.25, 0.3) is 0 Å². The number of carbonyl (C=O) groups is 1. The van der Waals surface area contributed by atoms with Gasteiger partial charge in [-0.05, 0) is 30.6 Å². The molecule has 3 rings (SSSR count). The Hall–Kier alpha value is -0.790. The maximum atomic E-state index is 11.7. The molecule has 3 unspecified atom stereocenters. The molecule has 0 N–H and O–H groups in total. The van der Waals surface area contributed by atoms with Crippen LogP contribution in [0, 0.1) is 23.2 Å². The molecule has 0 amide bonds. The Bertz CT molecular complexity index is 346. The zero-order valence-electron chi connectivity index (χ0n) is 9.45. The van der Waals surface area contributed by atoms with Crippen molar-refractivity contribution in [2.45, 2.75) is 39.2 Å². The largest absolute Gasteiger partial charge is 0.461 e. The van der Waals surface area contributed by atoms with E-state index in [1.165, 1.54) is 5.57 Å². The van der Waals surface area contributed by atoms with Crippen molar-refractivity contribution in [1.29, 1.82) is 0 Å². The lowest BCUT2D eigenvalue weighted by Crippen LogP contribution is -2.46. The van der Waals surface area contributed by atoms with E-state index >= 15 is 0 Å². The Morgan fingerprint density at radius 1 is 1.53 bits per heavy atom. The minimum atomic E-state index is 0.0299. The summed E-state index contributed by atoms with van der Waals surface area (Å²) in [6.07, 6.45) is 3.27. The third-order valence-electron chi connectivity index (χ3n) is 5.19. The molecular formula is C13H18O2. The molecule has 0 aromatic rings.